The van der Waals surface area contributed by atoms with E-state index in [2.05, 4.69) is 11.9 Å². The second kappa shape index (κ2) is 6.03. The number of amides is 1. The summed E-state index contributed by atoms with van der Waals surface area (Å²) in [4.78, 5) is 14.4. The van der Waals surface area contributed by atoms with Crippen LogP contribution in [0.2, 0.25) is 10.0 Å². The minimum atomic E-state index is -0.453. The molecule has 0 saturated heterocycles. The molecule has 0 fully saturated rings. The van der Waals surface area contributed by atoms with E-state index >= 15 is 0 Å². The van der Waals surface area contributed by atoms with E-state index in [1.165, 1.54) is 0 Å². The molecule has 1 amide bonds. The standard InChI is InChI=1S/C17H14Cl2N2O/c1-2-7-21-15-6-4-3-5-14(15)16(17(21)22)20-13-9-11(18)8-12(19)10-13/h2-6,8-10,16,20H,1,7H2. The molecule has 0 aromatic heterocycles. The molecule has 1 aliphatic rings. The Balaban J connectivity index is 1.97. The molecular weight excluding hydrogens is 319 g/mol. The maximum Gasteiger partial charge on any atom is 0.254 e. The number of carbonyl (C=O) groups is 1. The Hall–Kier alpha value is -1.97. The van der Waals surface area contributed by atoms with Crippen LogP contribution in [0.1, 0.15) is 11.6 Å². The summed E-state index contributed by atoms with van der Waals surface area (Å²) >= 11 is 12.0. The molecule has 1 N–H and O–H groups in total. The van der Waals surface area contributed by atoms with Gasteiger partial charge in [0.05, 0.1) is 0 Å². The molecule has 0 radical (unpaired) electrons. The van der Waals surface area contributed by atoms with Gasteiger partial charge in [0.1, 0.15) is 6.04 Å². The fourth-order valence-corrected chi connectivity index (χ4v) is 3.17. The van der Waals surface area contributed by atoms with E-state index in [1.807, 2.05) is 24.3 Å². The van der Waals surface area contributed by atoms with Gasteiger partial charge in [0.2, 0.25) is 0 Å². The molecule has 5 heteroatoms. The van der Waals surface area contributed by atoms with E-state index in [1.54, 1.807) is 29.2 Å². The minimum absolute atomic E-state index is 0.0165. The van der Waals surface area contributed by atoms with Crippen LogP contribution in [0.25, 0.3) is 0 Å². The molecule has 22 heavy (non-hydrogen) atoms. The third-order valence-corrected chi connectivity index (χ3v) is 3.97. The Morgan fingerprint density at radius 2 is 1.86 bits per heavy atom. The van der Waals surface area contributed by atoms with Gasteiger partial charge in [-0.15, -0.1) is 6.58 Å². The second-order valence-corrected chi connectivity index (χ2v) is 5.90. The van der Waals surface area contributed by atoms with Crippen LogP contribution in [0.5, 0.6) is 0 Å². The SMILES string of the molecule is C=CCN1C(=O)C(Nc2cc(Cl)cc(Cl)c2)c2ccccc21. The molecule has 0 saturated carbocycles. The molecule has 1 unspecified atom stereocenters. The van der Waals surface area contributed by atoms with Crippen LogP contribution in [0.15, 0.2) is 55.1 Å². The maximum absolute atomic E-state index is 12.7. The number of benzene rings is 2. The first kappa shape index (κ1) is 14.9. The van der Waals surface area contributed by atoms with Crippen molar-refractivity contribution in [2.75, 3.05) is 16.8 Å². The van der Waals surface area contributed by atoms with E-state index < -0.39 is 6.04 Å². The molecule has 0 bridgehead atoms. The van der Waals surface area contributed by atoms with E-state index in [4.69, 9.17) is 23.2 Å². The molecule has 2 aromatic carbocycles. The zero-order valence-corrected chi connectivity index (χ0v) is 13.2. The zero-order valence-electron chi connectivity index (χ0n) is 11.7. The number of carbonyl (C=O) groups excluding carboxylic acids is 1. The Kier molecular flexibility index (Phi) is 4.10. The Bertz CT molecular complexity index is 725. The lowest BCUT2D eigenvalue weighted by molar-refractivity contribution is -0.118. The lowest BCUT2D eigenvalue weighted by Crippen LogP contribution is -2.31. The number of nitrogens with zero attached hydrogens (tertiary/aromatic N) is 1. The van der Waals surface area contributed by atoms with Gasteiger partial charge in [-0.2, -0.15) is 0 Å². The van der Waals surface area contributed by atoms with Crippen molar-refractivity contribution in [1.29, 1.82) is 0 Å². The minimum Gasteiger partial charge on any atom is -0.370 e. The number of rotatable bonds is 4. The van der Waals surface area contributed by atoms with Gasteiger partial charge in [0.15, 0.2) is 0 Å². The molecule has 0 aliphatic carbocycles. The Labute approximate surface area is 139 Å². The summed E-state index contributed by atoms with van der Waals surface area (Å²) in [6.45, 7) is 4.19. The first-order chi connectivity index (χ1) is 10.6. The smallest absolute Gasteiger partial charge is 0.254 e. The van der Waals surface area contributed by atoms with E-state index in [9.17, 15) is 4.79 Å². The summed E-state index contributed by atoms with van der Waals surface area (Å²) in [6.07, 6.45) is 1.72. The molecule has 2 aromatic rings. The largest absolute Gasteiger partial charge is 0.370 e. The summed E-state index contributed by atoms with van der Waals surface area (Å²) < 4.78 is 0. The van der Waals surface area contributed by atoms with Crippen LogP contribution in [-0.2, 0) is 4.79 Å². The van der Waals surface area contributed by atoms with Gasteiger partial charge in [-0.3, -0.25) is 4.79 Å². The van der Waals surface area contributed by atoms with Gasteiger partial charge in [-0.05, 0) is 24.3 Å². The predicted octanol–water partition coefficient (Wildman–Crippen LogP) is 4.68. The summed E-state index contributed by atoms with van der Waals surface area (Å²) in [6, 6.07) is 12.4. The molecule has 0 spiro atoms. The van der Waals surface area contributed by atoms with Crippen molar-refractivity contribution in [3.05, 3.63) is 70.7 Å². The first-order valence-corrected chi connectivity index (χ1v) is 7.59. The monoisotopic (exact) mass is 332 g/mol. The number of nitrogens with one attached hydrogen (secondary N) is 1. The van der Waals surface area contributed by atoms with Crippen LogP contribution in [0.4, 0.5) is 11.4 Å². The van der Waals surface area contributed by atoms with Crippen molar-refractivity contribution in [2.24, 2.45) is 0 Å². The first-order valence-electron chi connectivity index (χ1n) is 6.84. The molecule has 3 rings (SSSR count). The fraction of sp³-hybridized carbons (Fsp3) is 0.118. The van der Waals surface area contributed by atoms with Crippen molar-refractivity contribution in [2.45, 2.75) is 6.04 Å². The van der Waals surface area contributed by atoms with Gasteiger partial charge in [0, 0.05) is 33.5 Å². The van der Waals surface area contributed by atoms with Gasteiger partial charge >= 0.3 is 0 Å². The Morgan fingerprint density at radius 1 is 1.18 bits per heavy atom. The van der Waals surface area contributed by atoms with Gasteiger partial charge in [-0.1, -0.05) is 47.5 Å². The van der Waals surface area contributed by atoms with E-state index in [-0.39, 0.29) is 5.91 Å². The molecule has 1 aliphatic heterocycles. The van der Waals surface area contributed by atoms with Crippen LogP contribution < -0.4 is 10.2 Å². The number of hydrogen-bond acceptors (Lipinski definition) is 2. The van der Waals surface area contributed by atoms with Crippen LogP contribution in [0, 0.1) is 0 Å². The van der Waals surface area contributed by atoms with Crippen molar-refractivity contribution >= 4 is 40.5 Å². The van der Waals surface area contributed by atoms with Crippen molar-refractivity contribution < 1.29 is 4.79 Å². The second-order valence-electron chi connectivity index (χ2n) is 5.03. The zero-order chi connectivity index (χ0) is 15.7. The summed E-state index contributed by atoms with van der Waals surface area (Å²) in [5.74, 6) is -0.0165. The average Bonchev–Trinajstić information content (AvgIpc) is 2.73. The Morgan fingerprint density at radius 3 is 2.55 bits per heavy atom. The average molecular weight is 333 g/mol. The van der Waals surface area contributed by atoms with Gasteiger partial charge in [0.25, 0.3) is 5.91 Å². The summed E-state index contributed by atoms with van der Waals surface area (Å²) in [5, 5.41) is 4.27. The highest BCUT2D eigenvalue weighted by Gasteiger charge is 2.36. The highest BCUT2D eigenvalue weighted by atomic mass is 35.5. The highest BCUT2D eigenvalue weighted by molar-refractivity contribution is 6.35. The number of anilines is 2. The number of hydrogen-bond donors (Lipinski definition) is 1. The normalized spacial score (nSPS) is 16.5. The fourth-order valence-electron chi connectivity index (χ4n) is 2.65. The molecule has 112 valence electrons. The van der Waals surface area contributed by atoms with Gasteiger partial charge in [-0.25, -0.2) is 0 Å². The summed E-state index contributed by atoms with van der Waals surface area (Å²) in [7, 11) is 0. The molecular formula is C17H14Cl2N2O. The van der Waals surface area contributed by atoms with Gasteiger partial charge < -0.3 is 10.2 Å². The summed E-state index contributed by atoms with van der Waals surface area (Å²) in [5.41, 5.74) is 2.55. The van der Waals surface area contributed by atoms with Crippen LogP contribution in [0.3, 0.4) is 0 Å². The van der Waals surface area contributed by atoms with E-state index in [0.717, 1.165) is 11.3 Å². The quantitative estimate of drug-likeness (QED) is 0.824. The van der Waals surface area contributed by atoms with Crippen molar-refractivity contribution in [3.8, 4) is 0 Å². The van der Waals surface area contributed by atoms with Crippen molar-refractivity contribution in [1.82, 2.24) is 0 Å². The number of fused-ring (bicyclic) bond motifs is 1. The van der Waals surface area contributed by atoms with Crippen LogP contribution >= 0.6 is 23.2 Å². The lowest BCUT2D eigenvalue weighted by Gasteiger charge is -2.17. The number of halogens is 2. The molecule has 1 heterocycles. The maximum atomic E-state index is 12.7. The number of para-hydroxylation sites is 1. The topological polar surface area (TPSA) is 32.3 Å². The molecule has 3 nitrogen and oxygen atoms in total. The molecule has 1 atom stereocenters. The lowest BCUT2D eigenvalue weighted by atomic mass is 10.1. The van der Waals surface area contributed by atoms with E-state index in [0.29, 0.717) is 22.3 Å². The third kappa shape index (κ3) is 2.70. The predicted molar refractivity (Wildman–Crippen MR) is 91.8 cm³/mol. The highest BCUT2D eigenvalue weighted by Crippen LogP contribution is 2.38. The van der Waals surface area contributed by atoms with Crippen molar-refractivity contribution in [3.63, 3.8) is 0 Å². The third-order valence-electron chi connectivity index (χ3n) is 3.54. The van der Waals surface area contributed by atoms with Crippen LogP contribution in [-0.4, -0.2) is 12.5 Å².